The molecule has 1 aliphatic heterocycles. The highest BCUT2D eigenvalue weighted by Gasteiger charge is 2.14. The number of rotatable bonds is 6. The molecule has 1 aliphatic rings. The van der Waals surface area contributed by atoms with Crippen molar-refractivity contribution in [2.24, 2.45) is 5.92 Å². The molecule has 1 fully saturated rings. The molecule has 1 amide bonds. The number of halogens is 1. The van der Waals surface area contributed by atoms with Gasteiger partial charge in [-0.1, -0.05) is 18.2 Å². The second-order valence-electron chi connectivity index (χ2n) is 4.99. The molecule has 0 bridgehead atoms. The lowest BCUT2D eigenvalue weighted by atomic mass is 10.1. The maximum atomic E-state index is 11.9. The normalized spacial score (nSPS) is 17.4. The molecule has 4 nitrogen and oxygen atoms in total. The number of benzene rings is 1. The molecule has 1 atom stereocenters. The van der Waals surface area contributed by atoms with E-state index in [0.29, 0.717) is 12.3 Å². The molecule has 1 heterocycles. The maximum absolute atomic E-state index is 11.9. The van der Waals surface area contributed by atoms with Gasteiger partial charge in [0.25, 0.3) is 0 Å². The van der Waals surface area contributed by atoms with Crippen LogP contribution >= 0.6 is 12.4 Å². The summed E-state index contributed by atoms with van der Waals surface area (Å²) in [6.07, 6.45) is 2.67. The van der Waals surface area contributed by atoms with Gasteiger partial charge < -0.3 is 15.4 Å². The van der Waals surface area contributed by atoms with Crippen molar-refractivity contribution in [3.63, 3.8) is 0 Å². The Bertz CT molecular complexity index is 420. The van der Waals surface area contributed by atoms with Crippen molar-refractivity contribution in [1.82, 2.24) is 10.6 Å². The smallest absolute Gasteiger partial charge is 0.224 e. The molecule has 0 spiro atoms. The van der Waals surface area contributed by atoms with Crippen molar-refractivity contribution in [3.8, 4) is 5.75 Å². The summed E-state index contributed by atoms with van der Waals surface area (Å²) in [6, 6.07) is 7.65. The number of carbonyl (C=O) groups is 1. The third-order valence-corrected chi connectivity index (χ3v) is 3.58. The zero-order valence-corrected chi connectivity index (χ0v) is 12.7. The van der Waals surface area contributed by atoms with Crippen LogP contribution in [-0.4, -0.2) is 32.7 Å². The summed E-state index contributed by atoms with van der Waals surface area (Å²) in [4.78, 5) is 11.9. The topological polar surface area (TPSA) is 50.4 Å². The van der Waals surface area contributed by atoms with Crippen molar-refractivity contribution in [1.29, 1.82) is 0 Å². The average molecular weight is 299 g/mol. The Kier molecular flexibility index (Phi) is 7.41. The predicted octanol–water partition coefficient (Wildman–Crippen LogP) is 1.78. The Morgan fingerprint density at radius 2 is 2.25 bits per heavy atom. The fourth-order valence-corrected chi connectivity index (χ4v) is 2.46. The van der Waals surface area contributed by atoms with E-state index in [1.807, 2.05) is 24.3 Å². The number of ether oxygens (including phenoxy) is 1. The third-order valence-electron chi connectivity index (χ3n) is 3.58. The minimum absolute atomic E-state index is 0. The number of carbonyl (C=O) groups excluding carboxylic acids is 1. The number of hydrogen-bond donors (Lipinski definition) is 2. The molecule has 0 aliphatic carbocycles. The monoisotopic (exact) mass is 298 g/mol. The Balaban J connectivity index is 0.00000200. The molecule has 20 heavy (non-hydrogen) atoms. The molecule has 0 radical (unpaired) electrons. The van der Waals surface area contributed by atoms with Crippen LogP contribution in [0.5, 0.6) is 5.75 Å². The van der Waals surface area contributed by atoms with Crippen LogP contribution in [0.3, 0.4) is 0 Å². The van der Waals surface area contributed by atoms with Crippen molar-refractivity contribution >= 4 is 18.3 Å². The quantitative estimate of drug-likeness (QED) is 0.842. The van der Waals surface area contributed by atoms with Gasteiger partial charge in [-0.25, -0.2) is 0 Å². The van der Waals surface area contributed by atoms with E-state index in [4.69, 9.17) is 4.74 Å². The Morgan fingerprint density at radius 1 is 1.45 bits per heavy atom. The number of para-hydroxylation sites is 1. The first-order valence-corrected chi connectivity index (χ1v) is 6.89. The van der Waals surface area contributed by atoms with Crippen molar-refractivity contribution in [3.05, 3.63) is 29.8 Å². The first kappa shape index (κ1) is 16.8. The summed E-state index contributed by atoms with van der Waals surface area (Å²) in [5, 5.41) is 6.32. The van der Waals surface area contributed by atoms with Crippen LogP contribution in [0, 0.1) is 5.92 Å². The van der Waals surface area contributed by atoms with Gasteiger partial charge in [-0.2, -0.15) is 0 Å². The van der Waals surface area contributed by atoms with Gasteiger partial charge in [0.05, 0.1) is 13.5 Å². The molecule has 1 unspecified atom stereocenters. The van der Waals surface area contributed by atoms with Crippen LogP contribution in [0.1, 0.15) is 18.4 Å². The van der Waals surface area contributed by atoms with Gasteiger partial charge in [-0.3, -0.25) is 4.79 Å². The summed E-state index contributed by atoms with van der Waals surface area (Å²) in [7, 11) is 1.63. The molecule has 1 aromatic carbocycles. The van der Waals surface area contributed by atoms with E-state index in [-0.39, 0.29) is 18.3 Å². The maximum Gasteiger partial charge on any atom is 0.224 e. The van der Waals surface area contributed by atoms with Gasteiger partial charge in [0.1, 0.15) is 5.75 Å². The van der Waals surface area contributed by atoms with Crippen LogP contribution in [0.4, 0.5) is 0 Å². The molecule has 0 saturated carbocycles. The highest BCUT2D eigenvalue weighted by Crippen LogP contribution is 2.17. The van der Waals surface area contributed by atoms with E-state index < -0.39 is 0 Å². The fourth-order valence-electron chi connectivity index (χ4n) is 2.46. The second kappa shape index (κ2) is 8.82. The van der Waals surface area contributed by atoms with Crippen LogP contribution in [0.15, 0.2) is 24.3 Å². The van der Waals surface area contributed by atoms with Gasteiger partial charge in [-0.15, -0.1) is 12.4 Å². The molecular formula is C15H23ClN2O2. The molecule has 5 heteroatoms. The van der Waals surface area contributed by atoms with Gasteiger partial charge in [0.2, 0.25) is 5.91 Å². The van der Waals surface area contributed by atoms with E-state index >= 15 is 0 Å². The van der Waals surface area contributed by atoms with Crippen LogP contribution in [0.25, 0.3) is 0 Å². The van der Waals surface area contributed by atoms with Gasteiger partial charge in [-0.05, 0) is 37.9 Å². The average Bonchev–Trinajstić information content (AvgIpc) is 2.92. The predicted molar refractivity (Wildman–Crippen MR) is 82.5 cm³/mol. The molecule has 2 N–H and O–H groups in total. The molecule has 0 aromatic heterocycles. The summed E-state index contributed by atoms with van der Waals surface area (Å²) >= 11 is 0. The van der Waals surface area contributed by atoms with E-state index in [1.54, 1.807) is 7.11 Å². The summed E-state index contributed by atoms with van der Waals surface area (Å²) in [6.45, 7) is 2.96. The van der Waals surface area contributed by atoms with Crippen molar-refractivity contribution < 1.29 is 9.53 Å². The number of hydrogen-bond acceptors (Lipinski definition) is 3. The molecular weight excluding hydrogens is 276 g/mol. The summed E-state index contributed by atoms with van der Waals surface area (Å²) < 4.78 is 5.24. The van der Waals surface area contributed by atoms with Gasteiger partial charge in [0.15, 0.2) is 0 Å². The lowest BCUT2D eigenvalue weighted by Crippen LogP contribution is -2.27. The SMILES string of the molecule is COc1ccccc1CC(=O)NCCC1CCNC1.Cl. The molecule has 1 aromatic rings. The Morgan fingerprint density at radius 3 is 2.95 bits per heavy atom. The first-order valence-electron chi connectivity index (χ1n) is 6.89. The zero-order chi connectivity index (χ0) is 13.5. The van der Waals surface area contributed by atoms with E-state index in [9.17, 15) is 4.79 Å². The van der Waals surface area contributed by atoms with Crippen molar-refractivity contribution in [2.45, 2.75) is 19.3 Å². The molecule has 1 saturated heterocycles. The van der Waals surface area contributed by atoms with Crippen LogP contribution < -0.4 is 15.4 Å². The summed E-state index contributed by atoms with van der Waals surface area (Å²) in [5.41, 5.74) is 0.935. The zero-order valence-electron chi connectivity index (χ0n) is 11.9. The lowest BCUT2D eigenvalue weighted by Gasteiger charge is -2.11. The highest BCUT2D eigenvalue weighted by molar-refractivity contribution is 5.85. The van der Waals surface area contributed by atoms with Crippen LogP contribution in [-0.2, 0) is 11.2 Å². The van der Waals surface area contributed by atoms with E-state index in [0.717, 1.165) is 37.4 Å². The second-order valence-corrected chi connectivity index (χ2v) is 4.99. The standard InChI is InChI=1S/C15H22N2O2.ClH/c1-19-14-5-3-2-4-13(14)10-15(18)17-9-7-12-6-8-16-11-12;/h2-5,12,16H,6-11H2,1H3,(H,17,18);1H. The Labute approximate surface area is 126 Å². The number of nitrogens with one attached hydrogen (secondary N) is 2. The largest absolute Gasteiger partial charge is 0.496 e. The third kappa shape index (κ3) is 5.02. The van der Waals surface area contributed by atoms with E-state index in [1.165, 1.54) is 6.42 Å². The van der Waals surface area contributed by atoms with Crippen LogP contribution in [0.2, 0.25) is 0 Å². The van der Waals surface area contributed by atoms with Gasteiger partial charge in [0, 0.05) is 12.1 Å². The van der Waals surface area contributed by atoms with Gasteiger partial charge >= 0.3 is 0 Å². The Hall–Kier alpha value is -1.26. The van der Waals surface area contributed by atoms with Crippen molar-refractivity contribution in [2.75, 3.05) is 26.7 Å². The minimum atomic E-state index is 0. The first-order chi connectivity index (χ1) is 9.29. The number of methoxy groups -OCH3 is 1. The molecule has 2 rings (SSSR count). The molecule has 112 valence electrons. The lowest BCUT2D eigenvalue weighted by molar-refractivity contribution is -0.120. The highest BCUT2D eigenvalue weighted by atomic mass is 35.5. The fraction of sp³-hybridized carbons (Fsp3) is 0.533. The minimum Gasteiger partial charge on any atom is -0.496 e. The van der Waals surface area contributed by atoms with E-state index in [2.05, 4.69) is 10.6 Å². The summed E-state index contributed by atoms with van der Waals surface area (Å²) in [5.74, 6) is 1.56. The number of amides is 1.